The Morgan fingerprint density at radius 3 is 1.87 bits per heavy atom. The number of carbonyl (C=O) groups is 1. The first kappa shape index (κ1) is 21.6. The molecular formula is C27H31NO2. The molecule has 0 bridgehead atoms. The summed E-state index contributed by atoms with van der Waals surface area (Å²) in [6.07, 6.45) is 0.411. The maximum absolute atomic E-state index is 12.6. The molecule has 0 saturated heterocycles. The lowest BCUT2D eigenvalue weighted by atomic mass is 9.87. The van der Waals surface area contributed by atoms with Crippen LogP contribution in [0.25, 0.3) is 0 Å². The van der Waals surface area contributed by atoms with Gasteiger partial charge in [-0.25, -0.2) is 0 Å². The fourth-order valence-electron chi connectivity index (χ4n) is 3.47. The second kappa shape index (κ2) is 10.1. The Morgan fingerprint density at radius 2 is 1.37 bits per heavy atom. The van der Waals surface area contributed by atoms with Crippen LogP contribution in [0.2, 0.25) is 0 Å². The summed E-state index contributed by atoms with van der Waals surface area (Å²) in [4.78, 5) is 12.6. The van der Waals surface area contributed by atoms with Gasteiger partial charge in [0.25, 0.3) is 0 Å². The van der Waals surface area contributed by atoms with Crippen LogP contribution < -0.4 is 10.1 Å². The first-order valence-corrected chi connectivity index (χ1v) is 10.5. The predicted molar refractivity (Wildman–Crippen MR) is 123 cm³/mol. The third-order valence-electron chi connectivity index (χ3n) is 5.21. The van der Waals surface area contributed by atoms with E-state index in [1.54, 1.807) is 0 Å². The zero-order valence-electron chi connectivity index (χ0n) is 18.1. The Morgan fingerprint density at radius 1 is 0.833 bits per heavy atom. The highest BCUT2D eigenvalue weighted by Gasteiger charge is 2.18. The van der Waals surface area contributed by atoms with E-state index in [-0.39, 0.29) is 17.2 Å². The number of hydrogen-bond acceptors (Lipinski definition) is 2. The van der Waals surface area contributed by atoms with Gasteiger partial charge in [-0.1, -0.05) is 93.6 Å². The molecular weight excluding hydrogens is 370 g/mol. The first-order chi connectivity index (χ1) is 14.4. The summed E-state index contributed by atoms with van der Waals surface area (Å²) in [5.41, 5.74) is 3.69. The van der Waals surface area contributed by atoms with Crippen molar-refractivity contribution in [3.05, 3.63) is 102 Å². The van der Waals surface area contributed by atoms with E-state index in [1.807, 2.05) is 48.5 Å². The lowest BCUT2D eigenvalue weighted by Gasteiger charge is -2.19. The van der Waals surface area contributed by atoms with Crippen molar-refractivity contribution >= 4 is 5.91 Å². The Balaban J connectivity index is 1.51. The molecule has 1 amide bonds. The van der Waals surface area contributed by atoms with E-state index in [0.29, 0.717) is 19.6 Å². The number of carbonyl (C=O) groups excluding carboxylic acids is 1. The monoisotopic (exact) mass is 401 g/mol. The van der Waals surface area contributed by atoms with Crippen LogP contribution in [0.4, 0.5) is 0 Å². The molecule has 3 nitrogen and oxygen atoms in total. The first-order valence-electron chi connectivity index (χ1n) is 10.5. The molecule has 0 unspecified atom stereocenters. The number of rotatable bonds is 8. The van der Waals surface area contributed by atoms with E-state index >= 15 is 0 Å². The molecule has 1 N–H and O–H groups in total. The molecule has 0 aromatic heterocycles. The summed E-state index contributed by atoms with van der Waals surface area (Å²) >= 11 is 0. The second-order valence-corrected chi connectivity index (χ2v) is 8.55. The summed E-state index contributed by atoms with van der Waals surface area (Å²) in [7, 11) is 0. The molecule has 0 aliphatic carbocycles. The highest BCUT2D eigenvalue weighted by Crippen LogP contribution is 2.28. The Labute approximate surface area is 180 Å². The minimum Gasteiger partial charge on any atom is -0.492 e. The standard InChI is InChI=1S/C27H31NO2/c1-27(2,3)23-14-16-24(17-15-23)30-19-18-28-26(29)20-25(21-10-6-4-7-11-21)22-12-8-5-9-13-22/h4-17,25H,18-20H2,1-3H3,(H,28,29). The van der Waals surface area contributed by atoms with Gasteiger partial charge in [0, 0.05) is 12.3 Å². The topological polar surface area (TPSA) is 38.3 Å². The molecule has 0 atom stereocenters. The summed E-state index contributed by atoms with van der Waals surface area (Å²) in [6.45, 7) is 7.50. The van der Waals surface area contributed by atoms with Gasteiger partial charge in [0.05, 0.1) is 6.54 Å². The van der Waals surface area contributed by atoms with Crippen LogP contribution >= 0.6 is 0 Å². The number of nitrogens with one attached hydrogen (secondary N) is 1. The van der Waals surface area contributed by atoms with Crippen LogP contribution in [-0.4, -0.2) is 19.1 Å². The summed E-state index contributed by atoms with van der Waals surface area (Å²) < 4.78 is 5.78. The average Bonchev–Trinajstić information content (AvgIpc) is 2.76. The summed E-state index contributed by atoms with van der Waals surface area (Å²) in [5, 5.41) is 2.99. The molecule has 3 aromatic carbocycles. The van der Waals surface area contributed by atoms with Crippen LogP contribution in [0, 0.1) is 0 Å². The van der Waals surface area contributed by atoms with E-state index in [2.05, 4.69) is 62.5 Å². The number of ether oxygens (including phenoxy) is 1. The van der Waals surface area contributed by atoms with Gasteiger partial charge in [0.1, 0.15) is 12.4 Å². The Bertz CT molecular complexity index is 873. The van der Waals surface area contributed by atoms with Crippen LogP contribution in [0.15, 0.2) is 84.9 Å². The molecule has 30 heavy (non-hydrogen) atoms. The van der Waals surface area contributed by atoms with Crippen LogP contribution in [0.3, 0.4) is 0 Å². The maximum atomic E-state index is 12.6. The molecule has 3 aromatic rings. The van der Waals surface area contributed by atoms with Crippen molar-refractivity contribution in [2.45, 2.75) is 38.5 Å². The van der Waals surface area contributed by atoms with Crippen molar-refractivity contribution in [1.29, 1.82) is 0 Å². The van der Waals surface area contributed by atoms with Crippen molar-refractivity contribution in [2.24, 2.45) is 0 Å². The Hall–Kier alpha value is -3.07. The summed E-state index contributed by atoms with van der Waals surface area (Å²) in [6, 6.07) is 28.5. The predicted octanol–water partition coefficient (Wildman–Crippen LogP) is 5.70. The van der Waals surface area contributed by atoms with Crippen molar-refractivity contribution in [3.63, 3.8) is 0 Å². The van der Waals surface area contributed by atoms with Crippen molar-refractivity contribution < 1.29 is 9.53 Å². The highest BCUT2D eigenvalue weighted by molar-refractivity contribution is 5.77. The number of amides is 1. The average molecular weight is 402 g/mol. The minimum atomic E-state index is 0.0272. The third kappa shape index (κ3) is 6.21. The molecule has 0 aliphatic heterocycles. The van der Waals surface area contributed by atoms with Crippen LogP contribution in [-0.2, 0) is 10.2 Å². The van der Waals surface area contributed by atoms with Crippen LogP contribution in [0.1, 0.15) is 49.8 Å². The van der Waals surface area contributed by atoms with E-state index in [4.69, 9.17) is 4.74 Å². The third-order valence-corrected chi connectivity index (χ3v) is 5.21. The Kier molecular flexibility index (Phi) is 7.29. The van der Waals surface area contributed by atoms with Gasteiger partial charge >= 0.3 is 0 Å². The fraction of sp³-hybridized carbons (Fsp3) is 0.296. The van der Waals surface area contributed by atoms with Crippen molar-refractivity contribution in [3.8, 4) is 5.75 Å². The fourth-order valence-corrected chi connectivity index (χ4v) is 3.47. The normalized spacial score (nSPS) is 11.3. The SMILES string of the molecule is CC(C)(C)c1ccc(OCCNC(=O)CC(c2ccccc2)c2ccccc2)cc1. The van der Waals surface area contributed by atoms with Crippen LogP contribution in [0.5, 0.6) is 5.75 Å². The van der Waals surface area contributed by atoms with E-state index in [9.17, 15) is 4.79 Å². The maximum Gasteiger partial charge on any atom is 0.221 e. The molecule has 0 heterocycles. The number of hydrogen-bond donors (Lipinski definition) is 1. The molecule has 0 aliphatic rings. The largest absolute Gasteiger partial charge is 0.492 e. The van der Waals surface area contributed by atoms with Crippen molar-refractivity contribution in [2.75, 3.05) is 13.2 Å². The lowest BCUT2D eigenvalue weighted by molar-refractivity contribution is -0.121. The molecule has 0 radical (unpaired) electrons. The van der Waals surface area contributed by atoms with Gasteiger partial charge in [-0.3, -0.25) is 4.79 Å². The minimum absolute atomic E-state index is 0.0272. The van der Waals surface area contributed by atoms with Gasteiger partial charge in [0.15, 0.2) is 0 Å². The molecule has 3 rings (SSSR count). The van der Waals surface area contributed by atoms with Gasteiger partial charge < -0.3 is 10.1 Å². The summed E-state index contributed by atoms with van der Waals surface area (Å²) in [5.74, 6) is 0.890. The van der Waals surface area contributed by atoms with E-state index < -0.39 is 0 Å². The zero-order valence-corrected chi connectivity index (χ0v) is 18.1. The molecule has 3 heteroatoms. The zero-order chi connectivity index (χ0) is 21.4. The smallest absolute Gasteiger partial charge is 0.221 e. The van der Waals surface area contributed by atoms with Crippen molar-refractivity contribution in [1.82, 2.24) is 5.32 Å². The van der Waals surface area contributed by atoms with Gasteiger partial charge in [-0.05, 0) is 34.2 Å². The molecule has 0 spiro atoms. The quantitative estimate of drug-likeness (QED) is 0.492. The molecule has 0 saturated carbocycles. The number of benzene rings is 3. The van der Waals surface area contributed by atoms with Gasteiger partial charge in [-0.2, -0.15) is 0 Å². The highest BCUT2D eigenvalue weighted by atomic mass is 16.5. The van der Waals surface area contributed by atoms with Gasteiger partial charge in [0.2, 0.25) is 5.91 Å². The second-order valence-electron chi connectivity index (χ2n) is 8.55. The molecule has 156 valence electrons. The molecule has 0 fully saturated rings. The van der Waals surface area contributed by atoms with E-state index in [1.165, 1.54) is 5.56 Å². The van der Waals surface area contributed by atoms with E-state index in [0.717, 1.165) is 16.9 Å². The van der Waals surface area contributed by atoms with Gasteiger partial charge in [-0.15, -0.1) is 0 Å². The lowest BCUT2D eigenvalue weighted by Crippen LogP contribution is -2.29.